The molecule has 20 heavy (non-hydrogen) atoms. The highest BCUT2D eigenvalue weighted by molar-refractivity contribution is 7.89. The Balaban J connectivity index is 3.10. The molecular weight excluding hydrogens is 288 g/mol. The van der Waals surface area contributed by atoms with E-state index in [0.29, 0.717) is 0 Å². The highest BCUT2D eigenvalue weighted by Gasteiger charge is 2.21. The first-order valence-electron chi connectivity index (χ1n) is 5.58. The number of sulfonamides is 1. The Hall–Kier alpha value is -1.75. The number of benzene rings is 1. The Kier molecular flexibility index (Phi) is 5.39. The highest BCUT2D eigenvalue weighted by atomic mass is 32.2. The molecule has 1 rings (SSSR count). The molecule has 0 amide bonds. The van der Waals surface area contributed by atoms with Crippen molar-refractivity contribution in [2.24, 2.45) is 5.84 Å². The molecule has 0 saturated heterocycles. The minimum atomic E-state index is -3.80. The Morgan fingerprint density at radius 3 is 2.65 bits per heavy atom. The number of hydrazine groups is 1. The summed E-state index contributed by atoms with van der Waals surface area (Å²) < 4.78 is 31.3. The fourth-order valence-corrected chi connectivity index (χ4v) is 2.83. The monoisotopic (exact) mass is 304 g/mol. The van der Waals surface area contributed by atoms with E-state index in [9.17, 15) is 18.5 Å². The lowest BCUT2D eigenvalue weighted by molar-refractivity contribution is -0.384. The summed E-state index contributed by atoms with van der Waals surface area (Å²) in [6.07, 6.45) is 0. The number of anilines is 1. The molecule has 9 nitrogen and oxygen atoms in total. The van der Waals surface area contributed by atoms with Gasteiger partial charge in [-0.15, -0.1) is 0 Å². The number of rotatable bonds is 7. The third kappa shape index (κ3) is 3.87. The van der Waals surface area contributed by atoms with Crippen LogP contribution in [0.15, 0.2) is 23.1 Å². The second-order valence-corrected chi connectivity index (χ2v) is 5.77. The van der Waals surface area contributed by atoms with Gasteiger partial charge in [-0.1, -0.05) is 0 Å². The summed E-state index contributed by atoms with van der Waals surface area (Å²) in [4.78, 5) is 9.95. The average Bonchev–Trinajstić information content (AvgIpc) is 2.37. The standard InChI is InChI=1S/C10H16N4O5S/c1-7(6-19-2)13-20(17,18)8-3-4-10(14(15)16)9(5-8)12-11/h3-5,7,12-13H,6,11H2,1-2H3. The van der Waals surface area contributed by atoms with Crippen molar-refractivity contribution in [3.63, 3.8) is 0 Å². The lowest BCUT2D eigenvalue weighted by Crippen LogP contribution is -2.35. The number of nitro benzene ring substituents is 1. The van der Waals surface area contributed by atoms with Crippen LogP contribution in [-0.2, 0) is 14.8 Å². The van der Waals surface area contributed by atoms with E-state index in [1.807, 2.05) is 0 Å². The van der Waals surface area contributed by atoms with Gasteiger partial charge in [0.1, 0.15) is 5.69 Å². The van der Waals surface area contributed by atoms with Crippen LogP contribution >= 0.6 is 0 Å². The van der Waals surface area contributed by atoms with Crippen LogP contribution in [0.25, 0.3) is 0 Å². The maximum absolute atomic E-state index is 12.1. The number of nitrogens with zero attached hydrogens (tertiary/aromatic N) is 1. The van der Waals surface area contributed by atoms with Crippen LogP contribution in [0.4, 0.5) is 11.4 Å². The van der Waals surface area contributed by atoms with Crippen molar-refractivity contribution in [1.82, 2.24) is 4.72 Å². The fraction of sp³-hybridized carbons (Fsp3) is 0.400. The molecule has 0 aliphatic rings. The molecule has 0 fully saturated rings. The number of nitro groups is 1. The van der Waals surface area contributed by atoms with Crippen molar-refractivity contribution in [2.75, 3.05) is 19.1 Å². The topological polar surface area (TPSA) is 137 Å². The van der Waals surface area contributed by atoms with E-state index < -0.39 is 21.0 Å². The fourth-order valence-electron chi connectivity index (χ4n) is 1.57. The first kappa shape index (κ1) is 16.3. The van der Waals surface area contributed by atoms with Crippen molar-refractivity contribution in [1.29, 1.82) is 0 Å². The quantitative estimate of drug-likeness (QED) is 0.371. The number of methoxy groups -OCH3 is 1. The maximum atomic E-state index is 12.1. The number of nitrogens with two attached hydrogens (primary N) is 1. The van der Waals surface area contributed by atoms with Crippen LogP contribution in [-0.4, -0.2) is 33.1 Å². The Morgan fingerprint density at radius 2 is 2.15 bits per heavy atom. The maximum Gasteiger partial charge on any atom is 0.293 e. The molecule has 10 heteroatoms. The zero-order chi connectivity index (χ0) is 15.3. The molecule has 1 aromatic carbocycles. The lowest BCUT2D eigenvalue weighted by Gasteiger charge is -2.13. The van der Waals surface area contributed by atoms with Gasteiger partial charge in [-0.3, -0.25) is 16.0 Å². The number of hydrogen-bond acceptors (Lipinski definition) is 7. The molecule has 0 radical (unpaired) electrons. The summed E-state index contributed by atoms with van der Waals surface area (Å²) in [5.74, 6) is 5.16. The number of nitrogens with one attached hydrogen (secondary N) is 2. The zero-order valence-electron chi connectivity index (χ0n) is 11.0. The molecule has 0 aromatic heterocycles. The minimum absolute atomic E-state index is 0.0859. The van der Waals surface area contributed by atoms with E-state index >= 15 is 0 Å². The summed E-state index contributed by atoms with van der Waals surface area (Å²) >= 11 is 0. The van der Waals surface area contributed by atoms with E-state index in [0.717, 1.165) is 18.2 Å². The normalized spacial score (nSPS) is 12.9. The third-order valence-corrected chi connectivity index (χ3v) is 3.99. The molecule has 0 heterocycles. The van der Waals surface area contributed by atoms with Crippen LogP contribution in [0.3, 0.4) is 0 Å². The summed E-state index contributed by atoms with van der Waals surface area (Å²) in [7, 11) is -2.35. The van der Waals surface area contributed by atoms with Gasteiger partial charge in [-0.2, -0.15) is 0 Å². The molecule has 112 valence electrons. The molecule has 0 aliphatic carbocycles. The van der Waals surface area contributed by atoms with Crippen molar-refractivity contribution in [2.45, 2.75) is 17.9 Å². The lowest BCUT2D eigenvalue weighted by atomic mass is 10.3. The third-order valence-electron chi connectivity index (χ3n) is 2.40. The molecule has 4 N–H and O–H groups in total. The van der Waals surface area contributed by atoms with Crippen LogP contribution in [0, 0.1) is 10.1 Å². The first-order valence-corrected chi connectivity index (χ1v) is 7.06. The molecule has 0 spiro atoms. The van der Waals surface area contributed by atoms with Gasteiger partial charge >= 0.3 is 0 Å². The van der Waals surface area contributed by atoms with Gasteiger partial charge < -0.3 is 10.2 Å². The van der Waals surface area contributed by atoms with Crippen molar-refractivity contribution >= 4 is 21.4 Å². The van der Waals surface area contributed by atoms with E-state index in [1.54, 1.807) is 6.92 Å². The van der Waals surface area contributed by atoms with Crippen LogP contribution < -0.4 is 16.0 Å². The van der Waals surface area contributed by atoms with Gasteiger partial charge in [-0.25, -0.2) is 13.1 Å². The van der Waals surface area contributed by atoms with E-state index in [2.05, 4.69) is 10.1 Å². The van der Waals surface area contributed by atoms with Crippen molar-refractivity contribution in [3.8, 4) is 0 Å². The van der Waals surface area contributed by atoms with E-state index in [1.165, 1.54) is 7.11 Å². The van der Waals surface area contributed by atoms with Crippen LogP contribution in [0.1, 0.15) is 6.92 Å². The summed E-state index contributed by atoms with van der Waals surface area (Å²) in [5.41, 5.74) is 1.71. The van der Waals surface area contributed by atoms with E-state index in [4.69, 9.17) is 10.6 Å². The number of nitrogen functional groups attached to an aromatic ring is 1. The number of ether oxygens (including phenoxy) is 1. The van der Waals surface area contributed by atoms with Crippen molar-refractivity contribution < 1.29 is 18.1 Å². The van der Waals surface area contributed by atoms with Gasteiger partial charge in [0.2, 0.25) is 10.0 Å². The molecule has 0 aliphatic heterocycles. The molecular formula is C10H16N4O5S. The van der Waals surface area contributed by atoms with Crippen molar-refractivity contribution in [3.05, 3.63) is 28.3 Å². The van der Waals surface area contributed by atoms with Gasteiger partial charge in [0.25, 0.3) is 5.69 Å². The van der Waals surface area contributed by atoms with Gasteiger partial charge in [-0.05, 0) is 19.1 Å². The largest absolute Gasteiger partial charge is 0.383 e. The minimum Gasteiger partial charge on any atom is -0.383 e. The Labute approximate surface area is 116 Å². The Bertz CT molecular complexity index is 589. The first-order chi connectivity index (χ1) is 9.31. The SMILES string of the molecule is COCC(C)NS(=O)(=O)c1ccc([N+](=O)[O-])c(NN)c1. The van der Waals surface area contributed by atoms with Crippen LogP contribution in [0.5, 0.6) is 0 Å². The van der Waals surface area contributed by atoms with Gasteiger partial charge in [0.15, 0.2) is 0 Å². The van der Waals surface area contributed by atoms with Gasteiger partial charge in [0, 0.05) is 19.2 Å². The molecule has 0 saturated carbocycles. The van der Waals surface area contributed by atoms with E-state index in [-0.39, 0.29) is 22.9 Å². The average molecular weight is 304 g/mol. The predicted molar refractivity (Wildman–Crippen MR) is 72.6 cm³/mol. The number of hydrogen-bond donors (Lipinski definition) is 3. The summed E-state index contributed by atoms with van der Waals surface area (Å²) in [5, 5.41) is 10.7. The summed E-state index contributed by atoms with van der Waals surface area (Å²) in [6.45, 7) is 1.84. The smallest absolute Gasteiger partial charge is 0.293 e. The molecule has 1 aromatic rings. The van der Waals surface area contributed by atoms with Gasteiger partial charge in [0.05, 0.1) is 16.4 Å². The summed E-state index contributed by atoms with van der Waals surface area (Å²) in [6, 6.07) is 2.88. The Morgan fingerprint density at radius 1 is 1.50 bits per heavy atom. The second-order valence-electron chi connectivity index (χ2n) is 4.06. The van der Waals surface area contributed by atoms with Crippen LogP contribution in [0.2, 0.25) is 0 Å². The zero-order valence-corrected chi connectivity index (χ0v) is 11.8. The predicted octanol–water partition coefficient (Wildman–Crippen LogP) is 0.194. The molecule has 1 atom stereocenters. The molecule has 0 bridgehead atoms. The second kappa shape index (κ2) is 6.61. The highest BCUT2D eigenvalue weighted by Crippen LogP contribution is 2.26. The molecule has 1 unspecified atom stereocenters.